The van der Waals surface area contributed by atoms with Gasteiger partial charge in [-0.25, -0.2) is 19.2 Å². The summed E-state index contributed by atoms with van der Waals surface area (Å²) in [6, 6.07) is 21.1. The number of hydrogen-bond donors (Lipinski definition) is 2. The zero-order valence-electron chi connectivity index (χ0n) is 63.8. The molecule has 24 heteroatoms. The van der Waals surface area contributed by atoms with Gasteiger partial charge in [0.1, 0.15) is 11.5 Å². The van der Waals surface area contributed by atoms with E-state index in [9.17, 15) is 42.9 Å². The fraction of sp³-hybridized carbons (Fsp3) is 0.512. The molecule has 22 nitrogen and oxygen atoms in total. The van der Waals surface area contributed by atoms with Gasteiger partial charge in [0.25, 0.3) is 5.91 Å². The summed E-state index contributed by atoms with van der Waals surface area (Å²) in [7, 11) is 4.36. The van der Waals surface area contributed by atoms with E-state index in [2.05, 4.69) is 82.2 Å². The van der Waals surface area contributed by atoms with Gasteiger partial charge in [0.05, 0.1) is 68.1 Å². The Morgan fingerprint density at radius 2 is 1.16 bits per heavy atom. The summed E-state index contributed by atoms with van der Waals surface area (Å²) in [6.45, 7) is 17.1. The minimum absolute atomic E-state index is 0.0520. The molecule has 108 heavy (non-hydrogen) atoms. The molecule has 2 bridgehead atoms. The molecule has 1 amide bonds. The Balaban J connectivity index is 0.000000141. The highest BCUT2D eigenvalue weighted by Gasteiger charge is 2.45. The third kappa shape index (κ3) is 19.8. The van der Waals surface area contributed by atoms with E-state index in [1.165, 1.54) is 56.7 Å². The number of aliphatic hydroxyl groups is 1. The van der Waals surface area contributed by atoms with Gasteiger partial charge in [0, 0.05) is 153 Å². The first-order valence-electron chi connectivity index (χ1n) is 38.1. The molecule has 5 aromatic heterocycles. The summed E-state index contributed by atoms with van der Waals surface area (Å²) in [5.41, 5.74) is 12.5. The fourth-order valence-electron chi connectivity index (χ4n) is 16.4. The molecule has 2 aromatic carbocycles. The largest absolute Gasteiger partial charge is 0.490 e. The van der Waals surface area contributed by atoms with Crippen LogP contribution in [0.2, 0.25) is 5.02 Å². The number of carbonyl (C=O) groups is 7. The van der Waals surface area contributed by atoms with E-state index in [1.807, 2.05) is 58.8 Å². The van der Waals surface area contributed by atoms with Crippen molar-refractivity contribution < 1.29 is 71.7 Å². The molecule has 580 valence electrons. The number of methoxy groups -OCH3 is 4. The van der Waals surface area contributed by atoms with Crippen LogP contribution in [-0.2, 0) is 115 Å². The first-order valence-corrected chi connectivity index (χ1v) is 39.7. The minimum atomic E-state index is -1.58. The van der Waals surface area contributed by atoms with Gasteiger partial charge in [-0.05, 0) is 192 Å². The highest BCUT2D eigenvalue weighted by atomic mass is 35.5. The Kier molecular flexibility index (Phi) is 26.9. The van der Waals surface area contributed by atoms with E-state index in [-0.39, 0.29) is 53.0 Å². The first-order chi connectivity index (χ1) is 51.8. The summed E-state index contributed by atoms with van der Waals surface area (Å²) in [5.74, 6) is 2.60. The molecule has 0 radical (unpaired) electrons. The van der Waals surface area contributed by atoms with Crippen LogP contribution >= 0.6 is 11.6 Å². The minimum Gasteiger partial charge on any atom is -0.490 e. The average molecular weight is 1520 g/mol. The quantitative estimate of drug-likeness (QED) is 0.0515. The number of aryl methyl sites for hydroxylation is 6. The second-order valence-electron chi connectivity index (χ2n) is 31.0. The molecule has 9 atom stereocenters. The number of aromatic carboxylic acids is 1. The number of Topliss-reactive ketones (excluding diaryl/α,β-unsaturated/α-hetero) is 2. The molecule has 16 rings (SSSR count). The number of carboxylic acid groups (broad SMARTS) is 1. The van der Waals surface area contributed by atoms with Crippen molar-refractivity contribution >= 4 is 69.2 Å². The summed E-state index contributed by atoms with van der Waals surface area (Å²) >= 11 is 6.40. The number of fused-ring (bicyclic) bond motifs is 9. The van der Waals surface area contributed by atoms with Crippen molar-refractivity contribution in [3.63, 3.8) is 0 Å². The number of amides is 1. The number of esters is 3. The summed E-state index contributed by atoms with van der Waals surface area (Å²) < 4.78 is 53.6. The predicted molar refractivity (Wildman–Crippen MR) is 413 cm³/mol. The SMILES string of the molecule is CC(=O)c1cc2n(c1)CCC(C)C2.CC1CCn2cc(C(=O)O)cc2C1.COC(=O)c1cc2n(c1)CCC(=O)C2.COC(=O)c1cc2n(c1)CCC(C)C2.COC(=O)c1cc2n(c1)CCC(O)C2.CO[C@H]1/C=C/C[C@H](C)C[S-](=O)=NC(=O)c2ccc3c(c2)N(C[C@@H]2CC[C@H]21)C[C@@]1(CCCc2cc(Cl)ccc21)CO3. The molecule has 7 aliphatic heterocycles. The number of aliphatic hydroxyl groups excluding tert-OH is 1. The number of benzene rings is 2. The van der Waals surface area contributed by atoms with Crippen LogP contribution in [0, 0.1) is 35.5 Å². The number of ether oxygens (including phenoxy) is 5. The highest BCUT2D eigenvalue weighted by Crippen LogP contribution is 2.47. The lowest BCUT2D eigenvalue weighted by Gasteiger charge is -2.46. The summed E-state index contributed by atoms with van der Waals surface area (Å²) in [5, 5.41) is 19.0. The maximum absolute atomic E-state index is 13.1. The lowest BCUT2D eigenvalue weighted by atomic mass is 9.68. The summed E-state index contributed by atoms with van der Waals surface area (Å²) in [4.78, 5) is 82.2. The van der Waals surface area contributed by atoms with Crippen molar-refractivity contribution in [2.75, 3.05) is 58.8 Å². The molecule has 4 unspecified atom stereocenters. The molecule has 1 spiro atoms. The fourth-order valence-corrected chi connectivity index (χ4v) is 17.6. The number of carbonyl (C=O) groups excluding carboxylic acids is 6. The van der Waals surface area contributed by atoms with Gasteiger partial charge < -0.3 is 70.2 Å². The number of nitrogens with zero attached hydrogens (tertiary/aromatic N) is 7. The maximum atomic E-state index is 13.1. The van der Waals surface area contributed by atoms with Gasteiger partial charge in [-0.1, -0.05) is 69.2 Å². The van der Waals surface area contributed by atoms with Gasteiger partial charge in [0.15, 0.2) is 5.78 Å². The second kappa shape index (κ2) is 36.2. The van der Waals surface area contributed by atoms with Gasteiger partial charge >= 0.3 is 23.9 Å². The van der Waals surface area contributed by atoms with Gasteiger partial charge in [-0.15, -0.1) is 0 Å². The highest BCUT2D eigenvalue weighted by molar-refractivity contribution is 7.75. The molecular formula is C84H105ClN7O15S-. The second-order valence-corrected chi connectivity index (χ2v) is 32.5. The van der Waals surface area contributed by atoms with Gasteiger partial charge in [0.2, 0.25) is 0 Å². The van der Waals surface area contributed by atoms with Crippen LogP contribution < -0.4 is 9.64 Å². The number of carboxylic acids is 1. The van der Waals surface area contributed by atoms with Crippen LogP contribution in [-0.4, -0.2) is 140 Å². The topological polar surface area (TPSA) is 263 Å². The standard InChI is InChI=1S/C32H38ClN2O4S.C11H15NO2.C11H15NO.C10H13NO3.C10H11NO3.C10H13NO2/c1-21-5-3-7-29(38-2)26-11-8-24(26)17-35-19-32(14-4-6-22-15-25(33)10-12-27(22)32)20-39-30-13-9-23(16-28(30)35)31(36)34-40(37)18-21;1-8-3-4-12-7-9(11(13)14-2)6-10(12)5-8;1-8-3-4-12-7-10(9(2)13)6-11(12)5-8;2*1-14-10(13)7-4-8-5-9(12)2-3-11(8)6-7;1-7-2-3-11-6-8(10(12)13)5-9(11)4-7/h3,7,9-10,12-13,15-16,21,24,26,29H,4-6,8,11,14,17-20H2,1-2H3;6-8H,3-5H2,1-2H3;6-8H,3-5H2,1-2H3;4,6,9,12H,2-3,5H2,1H3;4,6H,2-3,5H2,1H3;5-7H,2-4H2,1H3,(H,12,13)/q-1;;;;;/b7-3+;;;;;/t21-,24-,26+,29-,32-;;;;;/m0...../s1. The van der Waals surface area contributed by atoms with E-state index < -0.39 is 22.5 Å². The molecule has 1 fully saturated rings. The van der Waals surface area contributed by atoms with Crippen molar-refractivity contribution in [2.24, 2.45) is 39.9 Å². The smallest absolute Gasteiger partial charge is 0.339 e. The molecular weight excluding hydrogens is 1410 g/mol. The molecule has 0 saturated heterocycles. The van der Waals surface area contributed by atoms with E-state index in [4.69, 9.17) is 26.2 Å². The van der Waals surface area contributed by atoms with Crippen molar-refractivity contribution in [3.05, 3.63) is 188 Å². The number of hydrogen-bond acceptors (Lipinski definition) is 16. The van der Waals surface area contributed by atoms with Crippen molar-refractivity contribution in [1.82, 2.24) is 22.8 Å². The third-order valence-corrected chi connectivity index (χ3v) is 24.1. The van der Waals surface area contributed by atoms with Crippen LogP contribution in [0.5, 0.6) is 5.75 Å². The normalized spacial score (nSPS) is 24.0. The number of allylic oxidation sites excluding steroid dienone is 1. The Morgan fingerprint density at radius 3 is 1.71 bits per heavy atom. The molecule has 12 heterocycles. The third-order valence-electron chi connectivity index (χ3n) is 22.7. The Hall–Kier alpha value is -8.77. The van der Waals surface area contributed by atoms with Crippen molar-refractivity contribution in [3.8, 4) is 5.75 Å². The van der Waals surface area contributed by atoms with Crippen LogP contribution in [0.3, 0.4) is 0 Å². The van der Waals surface area contributed by atoms with Crippen molar-refractivity contribution in [2.45, 2.75) is 188 Å². The number of rotatable bonds is 6. The Labute approximate surface area is 640 Å². The van der Waals surface area contributed by atoms with Crippen molar-refractivity contribution in [1.29, 1.82) is 0 Å². The monoisotopic (exact) mass is 1520 g/mol. The van der Waals surface area contributed by atoms with E-state index in [0.717, 1.165) is 161 Å². The number of aromatic nitrogens is 5. The molecule has 9 aliphatic rings. The Morgan fingerprint density at radius 1 is 0.620 bits per heavy atom. The molecule has 2 aliphatic carbocycles. The zero-order valence-corrected chi connectivity index (χ0v) is 65.4. The average Bonchev–Trinajstić information content (AvgIpc) is 1.28. The van der Waals surface area contributed by atoms with E-state index >= 15 is 0 Å². The van der Waals surface area contributed by atoms with E-state index in [0.29, 0.717) is 83.7 Å². The molecule has 7 aromatic rings. The lowest BCUT2D eigenvalue weighted by Crippen LogP contribution is -2.49. The molecule has 2 N–H and O–H groups in total. The van der Waals surface area contributed by atoms with Crippen LogP contribution in [0.15, 0.2) is 114 Å². The van der Waals surface area contributed by atoms with Gasteiger partial charge in [-0.2, -0.15) is 10.6 Å². The number of anilines is 1. The first kappa shape index (κ1) is 80.3. The van der Waals surface area contributed by atoms with Crippen LogP contribution in [0.1, 0.15) is 201 Å². The maximum Gasteiger partial charge on any atom is 0.339 e. The van der Waals surface area contributed by atoms with Gasteiger partial charge in [-0.3, -0.25) is 14.4 Å². The van der Waals surface area contributed by atoms with Crippen LogP contribution in [0.25, 0.3) is 0 Å². The van der Waals surface area contributed by atoms with E-state index in [1.54, 1.807) is 56.9 Å². The summed E-state index contributed by atoms with van der Waals surface area (Å²) in [6.07, 6.45) is 28.6. The zero-order chi connectivity index (χ0) is 77.1. The Bertz CT molecular complexity index is 4410. The molecule has 1 saturated carbocycles. The van der Waals surface area contributed by atoms with Crippen LogP contribution in [0.4, 0.5) is 5.69 Å². The number of halogens is 1. The lowest BCUT2D eigenvalue weighted by molar-refractivity contribution is -0.119. The number of ketones is 2. The predicted octanol–water partition coefficient (Wildman–Crippen LogP) is 14.0.